The molecule has 0 radical (unpaired) electrons. The van der Waals surface area contributed by atoms with Crippen molar-refractivity contribution in [1.82, 2.24) is 5.32 Å². The van der Waals surface area contributed by atoms with Crippen molar-refractivity contribution in [1.29, 1.82) is 0 Å². The van der Waals surface area contributed by atoms with E-state index in [0.29, 0.717) is 6.04 Å². The highest BCUT2D eigenvalue weighted by Crippen LogP contribution is 2.24. The van der Waals surface area contributed by atoms with Gasteiger partial charge in [-0.3, -0.25) is 0 Å². The molecule has 0 spiro atoms. The Kier molecular flexibility index (Phi) is 2.70. The lowest BCUT2D eigenvalue weighted by Crippen LogP contribution is -2.20. The second-order valence-electron chi connectivity index (χ2n) is 3.71. The Labute approximate surface area is 87.7 Å². The van der Waals surface area contributed by atoms with Crippen LogP contribution in [0.15, 0.2) is 28.7 Å². The van der Waals surface area contributed by atoms with Gasteiger partial charge in [0.25, 0.3) is 0 Å². The Morgan fingerprint density at radius 1 is 1.31 bits per heavy atom. The second kappa shape index (κ2) is 3.81. The molecule has 0 aromatic heterocycles. The lowest BCUT2D eigenvalue weighted by molar-refractivity contribution is 0.571. The van der Waals surface area contributed by atoms with E-state index in [4.69, 9.17) is 0 Å². The summed E-state index contributed by atoms with van der Waals surface area (Å²) in [4.78, 5) is 0. The molecule has 0 unspecified atom stereocenters. The van der Waals surface area contributed by atoms with Gasteiger partial charge >= 0.3 is 0 Å². The Morgan fingerprint density at radius 3 is 2.46 bits per heavy atom. The summed E-state index contributed by atoms with van der Waals surface area (Å²) < 4.78 is 1.15. The van der Waals surface area contributed by atoms with Gasteiger partial charge in [-0.1, -0.05) is 28.1 Å². The number of halogens is 1. The standard InChI is InChI=1S/C11H14BrN/c1-8(13-11-6-7-11)9-2-4-10(12)5-3-9/h2-5,8,11,13H,6-7H2,1H3/t8-/m0/s1. The van der Waals surface area contributed by atoms with Gasteiger partial charge in [0.1, 0.15) is 0 Å². The number of rotatable bonds is 3. The normalized spacial score (nSPS) is 18.6. The van der Waals surface area contributed by atoms with Crippen LogP contribution >= 0.6 is 15.9 Å². The van der Waals surface area contributed by atoms with Crippen molar-refractivity contribution in [3.63, 3.8) is 0 Å². The first-order valence-corrected chi connectivity index (χ1v) is 5.56. The summed E-state index contributed by atoms with van der Waals surface area (Å²) in [5.74, 6) is 0. The molecule has 0 bridgehead atoms. The molecule has 0 saturated heterocycles. The van der Waals surface area contributed by atoms with E-state index in [2.05, 4.69) is 52.4 Å². The van der Waals surface area contributed by atoms with Crippen LogP contribution in [0, 0.1) is 0 Å². The van der Waals surface area contributed by atoms with Gasteiger partial charge in [0.05, 0.1) is 0 Å². The molecule has 1 nitrogen and oxygen atoms in total. The number of benzene rings is 1. The van der Waals surface area contributed by atoms with E-state index in [1.54, 1.807) is 0 Å². The Hall–Kier alpha value is -0.340. The summed E-state index contributed by atoms with van der Waals surface area (Å²) >= 11 is 3.44. The monoisotopic (exact) mass is 239 g/mol. The molecule has 0 heterocycles. The predicted molar refractivity (Wildman–Crippen MR) is 58.7 cm³/mol. The number of hydrogen-bond acceptors (Lipinski definition) is 1. The molecular weight excluding hydrogens is 226 g/mol. The maximum absolute atomic E-state index is 3.57. The highest BCUT2D eigenvalue weighted by Gasteiger charge is 2.22. The van der Waals surface area contributed by atoms with E-state index < -0.39 is 0 Å². The molecule has 1 N–H and O–H groups in total. The van der Waals surface area contributed by atoms with Gasteiger partial charge in [-0.15, -0.1) is 0 Å². The lowest BCUT2D eigenvalue weighted by Gasteiger charge is -2.13. The minimum atomic E-state index is 0.487. The van der Waals surface area contributed by atoms with Crippen LogP contribution in [0.1, 0.15) is 31.4 Å². The van der Waals surface area contributed by atoms with Crippen LogP contribution in [-0.2, 0) is 0 Å². The maximum Gasteiger partial charge on any atom is 0.0294 e. The maximum atomic E-state index is 3.57. The van der Waals surface area contributed by atoms with Gasteiger partial charge < -0.3 is 5.32 Å². The van der Waals surface area contributed by atoms with Crippen molar-refractivity contribution in [3.05, 3.63) is 34.3 Å². The molecule has 1 aliphatic carbocycles. The van der Waals surface area contributed by atoms with Crippen LogP contribution in [0.2, 0.25) is 0 Å². The minimum absolute atomic E-state index is 0.487. The van der Waals surface area contributed by atoms with E-state index in [0.717, 1.165) is 10.5 Å². The predicted octanol–water partition coefficient (Wildman–Crippen LogP) is 3.26. The molecule has 1 fully saturated rings. The zero-order chi connectivity index (χ0) is 9.26. The largest absolute Gasteiger partial charge is 0.307 e. The molecule has 13 heavy (non-hydrogen) atoms. The molecule has 70 valence electrons. The van der Waals surface area contributed by atoms with Gasteiger partial charge in [0.15, 0.2) is 0 Å². The Morgan fingerprint density at radius 2 is 1.92 bits per heavy atom. The molecule has 1 saturated carbocycles. The fourth-order valence-electron chi connectivity index (χ4n) is 1.45. The van der Waals surface area contributed by atoms with Gasteiger partial charge in [-0.25, -0.2) is 0 Å². The topological polar surface area (TPSA) is 12.0 Å². The molecule has 0 aliphatic heterocycles. The fraction of sp³-hybridized carbons (Fsp3) is 0.455. The summed E-state index contributed by atoms with van der Waals surface area (Å²) in [6, 6.07) is 9.80. The quantitative estimate of drug-likeness (QED) is 0.855. The van der Waals surface area contributed by atoms with Crippen molar-refractivity contribution < 1.29 is 0 Å². The van der Waals surface area contributed by atoms with Crippen molar-refractivity contribution in [2.45, 2.75) is 31.8 Å². The van der Waals surface area contributed by atoms with Crippen LogP contribution in [0.4, 0.5) is 0 Å². The first-order valence-electron chi connectivity index (χ1n) is 4.77. The van der Waals surface area contributed by atoms with E-state index in [1.165, 1.54) is 18.4 Å². The number of nitrogens with one attached hydrogen (secondary N) is 1. The first kappa shape index (κ1) is 9.22. The summed E-state index contributed by atoms with van der Waals surface area (Å²) in [7, 11) is 0. The van der Waals surface area contributed by atoms with Gasteiger partial charge in [0, 0.05) is 16.6 Å². The van der Waals surface area contributed by atoms with E-state index >= 15 is 0 Å². The Bertz CT molecular complexity index is 277. The molecule has 1 atom stereocenters. The smallest absolute Gasteiger partial charge is 0.0294 e. The summed E-state index contributed by atoms with van der Waals surface area (Å²) in [6.45, 7) is 2.22. The van der Waals surface area contributed by atoms with Crippen LogP contribution in [0.3, 0.4) is 0 Å². The zero-order valence-electron chi connectivity index (χ0n) is 7.76. The van der Waals surface area contributed by atoms with Crippen molar-refractivity contribution >= 4 is 15.9 Å². The molecule has 0 amide bonds. The fourth-order valence-corrected chi connectivity index (χ4v) is 1.72. The summed E-state index contributed by atoms with van der Waals surface area (Å²) in [6.07, 6.45) is 2.70. The average molecular weight is 240 g/mol. The zero-order valence-corrected chi connectivity index (χ0v) is 9.34. The van der Waals surface area contributed by atoms with Gasteiger partial charge in [-0.2, -0.15) is 0 Å². The van der Waals surface area contributed by atoms with Crippen LogP contribution in [0.5, 0.6) is 0 Å². The van der Waals surface area contributed by atoms with Crippen molar-refractivity contribution in [3.8, 4) is 0 Å². The second-order valence-corrected chi connectivity index (χ2v) is 4.63. The minimum Gasteiger partial charge on any atom is -0.307 e. The van der Waals surface area contributed by atoms with Crippen molar-refractivity contribution in [2.75, 3.05) is 0 Å². The highest BCUT2D eigenvalue weighted by molar-refractivity contribution is 9.10. The summed E-state index contributed by atoms with van der Waals surface area (Å²) in [5.41, 5.74) is 1.37. The SMILES string of the molecule is C[C@H](NC1CC1)c1ccc(Br)cc1. The molecule has 1 aromatic carbocycles. The molecule has 1 aliphatic rings. The van der Waals surface area contributed by atoms with E-state index in [9.17, 15) is 0 Å². The van der Waals surface area contributed by atoms with Crippen LogP contribution in [0.25, 0.3) is 0 Å². The molecule has 2 heteroatoms. The highest BCUT2D eigenvalue weighted by atomic mass is 79.9. The lowest BCUT2D eigenvalue weighted by atomic mass is 10.1. The van der Waals surface area contributed by atoms with E-state index in [1.807, 2.05) is 0 Å². The molecule has 1 aromatic rings. The molecule has 2 rings (SSSR count). The average Bonchev–Trinajstić information content (AvgIpc) is 2.89. The third-order valence-electron chi connectivity index (χ3n) is 2.43. The van der Waals surface area contributed by atoms with E-state index in [-0.39, 0.29) is 0 Å². The first-order chi connectivity index (χ1) is 6.25. The third kappa shape index (κ3) is 2.55. The van der Waals surface area contributed by atoms with Crippen LogP contribution < -0.4 is 5.32 Å². The van der Waals surface area contributed by atoms with Crippen LogP contribution in [-0.4, -0.2) is 6.04 Å². The van der Waals surface area contributed by atoms with Gasteiger partial charge in [0.2, 0.25) is 0 Å². The summed E-state index contributed by atoms with van der Waals surface area (Å²) in [5, 5.41) is 3.57. The number of hydrogen-bond donors (Lipinski definition) is 1. The third-order valence-corrected chi connectivity index (χ3v) is 2.96. The molecular formula is C11H14BrN. The van der Waals surface area contributed by atoms with Gasteiger partial charge in [-0.05, 0) is 37.5 Å². The Balaban J connectivity index is 2.01. The van der Waals surface area contributed by atoms with Crippen molar-refractivity contribution in [2.24, 2.45) is 0 Å².